The van der Waals surface area contributed by atoms with Gasteiger partial charge in [0.1, 0.15) is 5.82 Å². The van der Waals surface area contributed by atoms with E-state index >= 15 is 0 Å². The number of alkyl halides is 2. The van der Waals surface area contributed by atoms with Crippen LogP contribution in [-0.2, 0) is 4.79 Å². The predicted octanol–water partition coefficient (Wildman–Crippen LogP) is 2.48. The highest BCUT2D eigenvalue weighted by molar-refractivity contribution is 5.97. The molecule has 33 heavy (non-hydrogen) atoms. The number of piperidine rings is 1. The quantitative estimate of drug-likeness (QED) is 0.583. The van der Waals surface area contributed by atoms with Crippen LogP contribution in [0, 0.1) is 0 Å². The third kappa shape index (κ3) is 5.02. The molecule has 0 spiro atoms. The van der Waals surface area contributed by atoms with Crippen molar-refractivity contribution in [3.8, 4) is 11.5 Å². The first-order valence-electron chi connectivity index (χ1n) is 10.4. The molecule has 3 heterocycles. The van der Waals surface area contributed by atoms with E-state index in [-0.39, 0.29) is 35.4 Å². The van der Waals surface area contributed by atoms with Crippen molar-refractivity contribution in [1.82, 2.24) is 24.8 Å². The van der Waals surface area contributed by atoms with Crippen LogP contribution in [0.5, 0.6) is 11.5 Å². The first-order chi connectivity index (χ1) is 16.0. The highest BCUT2D eigenvalue weighted by atomic mass is 19.3. The summed E-state index contributed by atoms with van der Waals surface area (Å²) in [4.78, 5) is 26.7. The molecule has 1 saturated heterocycles. The monoisotopic (exact) mass is 459 g/mol. The summed E-state index contributed by atoms with van der Waals surface area (Å²) in [5, 5.41) is 11.1. The van der Waals surface area contributed by atoms with Crippen molar-refractivity contribution in [2.75, 3.05) is 26.7 Å². The topological polar surface area (TPSA) is 98.1 Å². The SMILES string of the molecule is COc1cc(C(=O)NCC(=O)N2CCC(c3nnc4ccccn34)CC2)ccc1OC(F)F. The van der Waals surface area contributed by atoms with Crippen LogP contribution in [0.1, 0.15) is 34.9 Å². The van der Waals surface area contributed by atoms with Crippen molar-refractivity contribution >= 4 is 17.5 Å². The maximum atomic E-state index is 12.6. The summed E-state index contributed by atoms with van der Waals surface area (Å²) >= 11 is 0. The zero-order valence-electron chi connectivity index (χ0n) is 17.9. The van der Waals surface area contributed by atoms with Gasteiger partial charge in [-0.25, -0.2) is 0 Å². The highest BCUT2D eigenvalue weighted by Gasteiger charge is 2.27. The fourth-order valence-corrected chi connectivity index (χ4v) is 3.90. The number of pyridine rings is 1. The maximum Gasteiger partial charge on any atom is 0.387 e. The number of halogens is 2. The molecule has 0 bridgehead atoms. The molecule has 9 nitrogen and oxygen atoms in total. The smallest absolute Gasteiger partial charge is 0.387 e. The summed E-state index contributed by atoms with van der Waals surface area (Å²) < 4.78 is 36.2. The lowest BCUT2D eigenvalue weighted by Gasteiger charge is -2.31. The Kier molecular flexibility index (Phi) is 6.66. The minimum atomic E-state index is -3.01. The van der Waals surface area contributed by atoms with Gasteiger partial charge >= 0.3 is 6.61 Å². The number of fused-ring (bicyclic) bond motifs is 1. The molecule has 1 aliphatic rings. The van der Waals surface area contributed by atoms with E-state index in [1.165, 1.54) is 25.3 Å². The Morgan fingerprint density at radius 2 is 1.94 bits per heavy atom. The molecule has 2 aromatic heterocycles. The van der Waals surface area contributed by atoms with Gasteiger partial charge in [0.25, 0.3) is 5.91 Å². The minimum absolute atomic E-state index is 0.00245. The van der Waals surface area contributed by atoms with Crippen LogP contribution in [0.25, 0.3) is 5.65 Å². The summed E-state index contributed by atoms with van der Waals surface area (Å²) in [6, 6.07) is 9.56. The lowest BCUT2D eigenvalue weighted by Crippen LogP contribution is -2.44. The average molecular weight is 459 g/mol. The molecule has 11 heteroatoms. The number of nitrogens with zero attached hydrogens (tertiary/aromatic N) is 4. The third-order valence-corrected chi connectivity index (χ3v) is 5.59. The van der Waals surface area contributed by atoms with E-state index in [2.05, 4.69) is 20.3 Å². The molecule has 3 aromatic rings. The molecule has 2 amide bonds. The molecular weight excluding hydrogens is 436 g/mol. The van der Waals surface area contributed by atoms with Gasteiger partial charge in [-0.05, 0) is 43.2 Å². The van der Waals surface area contributed by atoms with Crippen molar-refractivity contribution in [2.24, 2.45) is 0 Å². The standard InChI is InChI=1S/C22H23F2N5O4/c1-32-17-12-15(5-6-16(17)33-22(23)24)21(31)25-13-19(30)28-10-7-14(8-11-28)20-27-26-18-4-2-3-9-29(18)20/h2-6,9,12,14,22H,7-8,10-11,13H2,1H3,(H,25,31). The number of carbonyl (C=O) groups is 2. The fraction of sp³-hybridized carbons (Fsp3) is 0.364. The fourth-order valence-electron chi connectivity index (χ4n) is 3.90. The van der Waals surface area contributed by atoms with E-state index in [0.717, 1.165) is 24.3 Å². The number of hydrogen-bond acceptors (Lipinski definition) is 6. The number of hydrogen-bond donors (Lipinski definition) is 1. The molecule has 1 aliphatic heterocycles. The van der Waals surface area contributed by atoms with Gasteiger partial charge in [0.05, 0.1) is 13.7 Å². The molecular formula is C22H23F2N5O4. The van der Waals surface area contributed by atoms with E-state index < -0.39 is 12.5 Å². The number of methoxy groups -OCH3 is 1. The molecule has 0 radical (unpaired) electrons. The van der Waals surface area contributed by atoms with Crippen LogP contribution in [-0.4, -0.2) is 64.7 Å². The largest absolute Gasteiger partial charge is 0.493 e. The van der Waals surface area contributed by atoms with Crippen LogP contribution < -0.4 is 14.8 Å². The Morgan fingerprint density at radius 3 is 2.67 bits per heavy atom. The number of aromatic nitrogens is 3. The molecule has 0 atom stereocenters. The molecule has 0 saturated carbocycles. The first kappa shape index (κ1) is 22.4. The van der Waals surface area contributed by atoms with Gasteiger partial charge in [0.2, 0.25) is 5.91 Å². The Hall–Kier alpha value is -3.76. The van der Waals surface area contributed by atoms with Crippen molar-refractivity contribution in [3.05, 3.63) is 54.0 Å². The summed E-state index contributed by atoms with van der Waals surface area (Å²) in [5.74, 6) is 0.190. The van der Waals surface area contributed by atoms with Crippen LogP contribution in [0.2, 0.25) is 0 Å². The van der Waals surface area contributed by atoms with Crippen LogP contribution in [0.15, 0.2) is 42.6 Å². The normalized spacial score (nSPS) is 14.5. The molecule has 0 unspecified atom stereocenters. The van der Waals surface area contributed by atoms with Gasteiger partial charge in [-0.3, -0.25) is 14.0 Å². The molecule has 1 fully saturated rings. The first-order valence-corrected chi connectivity index (χ1v) is 10.4. The number of nitrogens with one attached hydrogen (secondary N) is 1. The zero-order chi connectivity index (χ0) is 23.4. The van der Waals surface area contributed by atoms with Crippen LogP contribution in [0.4, 0.5) is 8.78 Å². The molecule has 1 aromatic carbocycles. The lowest BCUT2D eigenvalue weighted by molar-refractivity contribution is -0.131. The molecule has 174 valence electrons. The van der Waals surface area contributed by atoms with Crippen molar-refractivity contribution < 1.29 is 27.8 Å². The van der Waals surface area contributed by atoms with Crippen molar-refractivity contribution in [1.29, 1.82) is 0 Å². The molecule has 1 N–H and O–H groups in total. The van der Waals surface area contributed by atoms with Crippen LogP contribution >= 0.6 is 0 Å². The lowest BCUT2D eigenvalue weighted by atomic mass is 9.96. The van der Waals surface area contributed by atoms with Gasteiger partial charge in [-0.15, -0.1) is 10.2 Å². The average Bonchev–Trinajstić information content (AvgIpc) is 3.26. The van der Waals surface area contributed by atoms with Crippen molar-refractivity contribution in [3.63, 3.8) is 0 Å². The second-order valence-corrected chi connectivity index (χ2v) is 7.57. The van der Waals surface area contributed by atoms with Gasteiger partial charge in [-0.2, -0.15) is 8.78 Å². The number of ether oxygens (including phenoxy) is 2. The summed E-state index contributed by atoms with van der Waals surface area (Å²) in [6.07, 6.45) is 3.43. The Balaban J connectivity index is 1.30. The van der Waals surface area contributed by atoms with Crippen molar-refractivity contribution in [2.45, 2.75) is 25.4 Å². The minimum Gasteiger partial charge on any atom is -0.493 e. The van der Waals surface area contributed by atoms with E-state index in [0.29, 0.717) is 13.1 Å². The third-order valence-electron chi connectivity index (χ3n) is 5.59. The Labute approximate surface area is 188 Å². The Bertz CT molecular complexity index is 1140. The number of benzene rings is 1. The predicted molar refractivity (Wildman–Crippen MR) is 114 cm³/mol. The number of amides is 2. The highest BCUT2D eigenvalue weighted by Crippen LogP contribution is 2.30. The van der Waals surface area contributed by atoms with Gasteiger partial charge in [0.15, 0.2) is 17.1 Å². The number of rotatable bonds is 7. The zero-order valence-corrected chi connectivity index (χ0v) is 17.9. The second-order valence-electron chi connectivity index (χ2n) is 7.57. The van der Waals surface area contributed by atoms with Gasteiger partial charge < -0.3 is 19.7 Å². The van der Waals surface area contributed by atoms with E-state index in [1.807, 2.05) is 28.8 Å². The van der Waals surface area contributed by atoms with Crippen LogP contribution in [0.3, 0.4) is 0 Å². The summed E-state index contributed by atoms with van der Waals surface area (Å²) in [6.45, 7) is -2.08. The van der Waals surface area contributed by atoms with E-state index in [1.54, 1.807) is 4.90 Å². The number of likely N-dealkylation sites (tertiary alicyclic amines) is 1. The van der Waals surface area contributed by atoms with Gasteiger partial charge in [-0.1, -0.05) is 6.07 Å². The molecule has 4 rings (SSSR count). The maximum absolute atomic E-state index is 12.6. The number of carbonyl (C=O) groups excluding carboxylic acids is 2. The van der Waals surface area contributed by atoms with E-state index in [4.69, 9.17) is 4.74 Å². The summed E-state index contributed by atoms with van der Waals surface area (Å²) in [7, 11) is 1.28. The van der Waals surface area contributed by atoms with E-state index in [9.17, 15) is 18.4 Å². The molecule has 0 aliphatic carbocycles. The Morgan fingerprint density at radius 1 is 1.15 bits per heavy atom. The second kappa shape index (κ2) is 9.80. The van der Waals surface area contributed by atoms with Gasteiger partial charge in [0, 0.05) is 30.8 Å². The summed E-state index contributed by atoms with van der Waals surface area (Å²) in [5.41, 5.74) is 0.956.